The first kappa shape index (κ1) is 27.0. The molecule has 0 radical (unpaired) electrons. The second-order valence-corrected chi connectivity index (χ2v) is 12.5. The third kappa shape index (κ3) is 6.27. The molecule has 0 saturated carbocycles. The Morgan fingerprint density at radius 3 is 2.75 bits per heavy atom. The van der Waals surface area contributed by atoms with E-state index in [2.05, 4.69) is 20.4 Å². The summed E-state index contributed by atoms with van der Waals surface area (Å²) < 4.78 is 63.5. The van der Waals surface area contributed by atoms with Crippen molar-refractivity contribution in [1.82, 2.24) is 19.6 Å². The van der Waals surface area contributed by atoms with Gasteiger partial charge in [-0.25, -0.2) is 18.3 Å². The van der Waals surface area contributed by atoms with Gasteiger partial charge in [-0.3, -0.25) is 9.13 Å². The van der Waals surface area contributed by atoms with Gasteiger partial charge in [0.1, 0.15) is 18.1 Å². The van der Waals surface area contributed by atoms with E-state index in [9.17, 15) is 22.8 Å². The van der Waals surface area contributed by atoms with Gasteiger partial charge in [-0.1, -0.05) is 18.2 Å². The number of fused-ring (bicyclic) bond motifs is 1. The summed E-state index contributed by atoms with van der Waals surface area (Å²) >= 11 is 6.08. The molecule has 5 atom stereocenters. The fourth-order valence-corrected chi connectivity index (χ4v) is 6.58. The molecule has 1 aliphatic rings. The molecule has 0 aliphatic carbocycles. The standard InChI is InChI=1S/C19H22ClF2N5O7P2/c1-10(12-4-2-3-5-13(12)21)24-17-18-23-7-15(27(18)26-19(20)25-17)16-14(22)6-11(34-16)8-33-36(31,32)9-35(28,29)30/h2-5,7,10-11,14,16H,6,8-9H2,1H3,(H,31,32)(H,24,25,26)(H2,28,29,30)/t10-,11-,14-,16?/m0/s1. The fourth-order valence-electron chi connectivity index (χ4n) is 3.83. The molecule has 3 heterocycles. The van der Waals surface area contributed by atoms with Crippen LogP contribution in [0.2, 0.25) is 5.28 Å². The molecule has 1 aromatic carbocycles. The SMILES string of the molecule is C[C@H](Nc1nc(Cl)nn2c(C3O[C@H](COP(=O)(O)CP(=O)(O)O)C[C@@H]3F)cnc12)c1ccccc1F. The second-order valence-electron chi connectivity index (χ2n) is 8.21. The molecule has 0 spiro atoms. The van der Waals surface area contributed by atoms with Gasteiger partial charge in [0, 0.05) is 12.0 Å². The molecule has 1 aliphatic heterocycles. The molecule has 4 rings (SSSR count). The van der Waals surface area contributed by atoms with E-state index in [1.165, 1.54) is 16.8 Å². The third-order valence-corrected chi connectivity index (χ3v) is 8.98. The Kier molecular flexibility index (Phi) is 7.80. The minimum Gasteiger partial charge on any atom is -0.363 e. The van der Waals surface area contributed by atoms with E-state index in [0.717, 1.165) is 0 Å². The molecular formula is C19H22ClF2N5O7P2. The minimum absolute atomic E-state index is 0.170. The van der Waals surface area contributed by atoms with Crippen molar-refractivity contribution in [3.63, 3.8) is 0 Å². The van der Waals surface area contributed by atoms with Crippen molar-refractivity contribution in [2.75, 3.05) is 17.8 Å². The van der Waals surface area contributed by atoms with Crippen LogP contribution in [0.15, 0.2) is 30.5 Å². The molecule has 4 N–H and O–H groups in total. The third-order valence-electron chi connectivity index (χ3n) is 5.36. The molecule has 12 nitrogen and oxygen atoms in total. The van der Waals surface area contributed by atoms with Crippen LogP contribution in [-0.2, 0) is 18.4 Å². The van der Waals surface area contributed by atoms with Crippen molar-refractivity contribution >= 4 is 38.3 Å². The Balaban J connectivity index is 1.52. The Morgan fingerprint density at radius 2 is 2.06 bits per heavy atom. The highest BCUT2D eigenvalue weighted by molar-refractivity contribution is 7.70. The van der Waals surface area contributed by atoms with E-state index >= 15 is 0 Å². The minimum atomic E-state index is -4.80. The van der Waals surface area contributed by atoms with Gasteiger partial charge >= 0.3 is 15.2 Å². The maximum atomic E-state index is 14.9. The number of ether oxygens (including phenoxy) is 1. The monoisotopic (exact) mass is 567 g/mol. The van der Waals surface area contributed by atoms with Crippen LogP contribution >= 0.6 is 26.8 Å². The van der Waals surface area contributed by atoms with Crippen LogP contribution in [0, 0.1) is 5.82 Å². The van der Waals surface area contributed by atoms with Gasteiger partial charge in [-0.05, 0) is 24.6 Å². The largest absolute Gasteiger partial charge is 0.363 e. The Labute approximate surface area is 208 Å². The number of nitrogens with zero attached hydrogens (tertiary/aromatic N) is 4. The number of rotatable bonds is 9. The molecule has 3 aromatic rings. The van der Waals surface area contributed by atoms with Crippen molar-refractivity contribution in [3.05, 3.63) is 52.8 Å². The highest BCUT2D eigenvalue weighted by atomic mass is 35.5. The van der Waals surface area contributed by atoms with Crippen molar-refractivity contribution in [2.45, 2.75) is 37.8 Å². The van der Waals surface area contributed by atoms with Crippen molar-refractivity contribution in [3.8, 4) is 0 Å². The van der Waals surface area contributed by atoms with Gasteiger partial charge < -0.3 is 29.3 Å². The zero-order chi connectivity index (χ0) is 26.3. The lowest BCUT2D eigenvalue weighted by Gasteiger charge is -2.17. The number of alkyl halides is 1. The van der Waals surface area contributed by atoms with Gasteiger partial charge in [0.05, 0.1) is 30.6 Å². The first-order valence-corrected chi connectivity index (χ1v) is 14.5. The zero-order valence-corrected chi connectivity index (χ0v) is 21.2. The van der Waals surface area contributed by atoms with Crippen LogP contribution < -0.4 is 5.32 Å². The van der Waals surface area contributed by atoms with Crippen LogP contribution in [0.1, 0.15) is 36.7 Å². The Hall–Kier alpha value is -2.02. The molecule has 2 unspecified atom stereocenters. The summed E-state index contributed by atoms with van der Waals surface area (Å²) in [6.07, 6.45) is -2.67. The first-order valence-electron chi connectivity index (χ1n) is 10.6. The Morgan fingerprint density at radius 1 is 1.33 bits per heavy atom. The average molecular weight is 568 g/mol. The molecule has 36 heavy (non-hydrogen) atoms. The van der Waals surface area contributed by atoms with Gasteiger partial charge in [0.15, 0.2) is 17.4 Å². The number of hydrogen-bond acceptors (Lipinski definition) is 8. The van der Waals surface area contributed by atoms with E-state index in [-0.39, 0.29) is 28.9 Å². The maximum absolute atomic E-state index is 14.9. The fraction of sp³-hybridized carbons (Fsp3) is 0.421. The molecule has 2 aromatic heterocycles. The van der Waals surface area contributed by atoms with Gasteiger partial charge in [0.2, 0.25) is 5.28 Å². The van der Waals surface area contributed by atoms with E-state index in [0.29, 0.717) is 5.56 Å². The quantitative estimate of drug-likeness (QED) is 0.279. The van der Waals surface area contributed by atoms with E-state index < -0.39 is 57.9 Å². The molecule has 1 fully saturated rings. The number of aromatic nitrogens is 4. The number of halogens is 3. The molecule has 1 saturated heterocycles. The maximum Gasteiger partial charge on any atom is 0.340 e. The summed E-state index contributed by atoms with van der Waals surface area (Å²) in [7, 11) is -9.42. The normalized spacial score (nSPS) is 23.0. The van der Waals surface area contributed by atoms with Crippen LogP contribution in [0.25, 0.3) is 5.65 Å². The Bertz CT molecular complexity index is 1360. The summed E-state index contributed by atoms with van der Waals surface area (Å²) in [6.45, 7) is 1.15. The lowest BCUT2D eigenvalue weighted by Crippen LogP contribution is -2.16. The predicted molar refractivity (Wildman–Crippen MR) is 124 cm³/mol. The number of hydrogen-bond donors (Lipinski definition) is 4. The van der Waals surface area contributed by atoms with Crippen molar-refractivity contribution < 1.29 is 41.9 Å². The van der Waals surface area contributed by atoms with E-state index in [1.54, 1.807) is 25.1 Å². The second kappa shape index (κ2) is 10.4. The first-order chi connectivity index (χ1) is 16.8. The number of anilines is 1. The molecule has 0 bridgehead atoms. The van der Waals surface area contributed by atoms with Crippen LogP contribution in [0.3, 0.4) is 0 Å². The van der Waals surface area contributed by atoms with E-state index in [1.807, 2.05) is 0 Å². The summed E-state index contributed by atoms with van der Waals surface area (Å²) in [5, 5.41) is 6.90. The summed E-state index contributed by atoms with van der Waals surface area (Å²) in [6, 6.07) is 5.66. The van der Waals surface area contributed by atoms with Crippen molar-refractivity contribution in [1.29, 1.82) is 0 Å². The molecule has 196 valence electrons. The molecular weight excluding hydrogens is 546 g/mol. The lowest BCUT2D eigenvalue weighted by atomic mass is 10.1. The van der Waals surface area contributed by atoms with Crippen LogP contribution in [-0.4, -0.2) is 59.0 Å². The predicted octanol–water partition coefficient (Wildman–Crippen LogP) is 3.60. The smallest absolute Gasteiger partial charge is 0.340 e. The summed E-state index contributed by atoms with van der Waals surface area (Å²) in [5.41, 5.74) is 0.728. The summed E-state index contributed by atoms with van der Waals surface area (Å²) in [4.78, 5) is 35.7. The number of imidazole rings is 1. The number of nitrogens with one attached hydrogen (secondary N) is 1. The zero-order valence-electron chi connectivity index (χ0n) is 18.6. The molecule has 0 amide bonds. The van der Waals surface area contributed by atoms with Crippen LogP contribution in [0.4, 0.5) is 14.6 Å². The van der Waals surface area contributed by atoms with E-state index in [4.69, 9.17) is 30.6 Å². The van der Waals surface area contributed by atoms with Gasteiger partial charge in [0.25, 0.3) is 0 Å². The average Bonchev–Trinajstić information content (AvgIpc) is 3.34. The highest BCUT2D eigenvalue weighted by Gasteiger charge is 2.40. The van der Waals surface area contributed by atoms with Crippen LogP contribution in [0.5, 0.6) is 0 Å². The van der Waals surface area contributed by atoms with Gasteiger partial charge in [-0.15, -0.1) is 5.10 Å². The highest BCUT2D eigenvalue weighted by Crippen LogP contribution is 2.55. The number of benzene rings is 1. The summed E-state index contributed by atoms with van der Waals surface area (Å²) in [5.74, 6) is -1.61. The lowest BCUT2D eigenvalue weighted by molar-refractivity contribution is 0.00138. The topological polar surface area (TPSA) is 168 Å². The van der Waals surface area contributed by atoms with Gasteiger partial charge in [-0.2, -0.15) is 4.98 Å². The van der Waals surface area contributed by atoms with Crippen molar-refractivity contribution in [2.24, 2.45) is 0 Å². The molecule has 17 heteroatoms.